The zero-order valence-corrected chi connectivity index (χ0v) is 10.9. The minimum atomic E-state index is 0.286. The lowest BCUT2D eigenvalue weighted by atomic mass is 10.1. The molecular weight excluding hydrogens is 286 g/mol. The average Bonchev–Trinajstić information content (AvgIpc) is 2.33. The SMILES string of the molecule is Clc1cnccc1CC(Br)c1ccccc1. The molecule has 0 bridgehead atoms. The average molecular weight is 297 g/mol. The van der Waals surface area contributed by atoms with E-state index in [-0.39, 0.29) is 4.83 Å². The Balaban J connectivity index is 2.14. The first-order chi connectivity index (χ1) is 7.77. The number of benzene rings is 1. The second-order valence-corrected chi connectivity index (χ2v) is 5.06. The van der Waals surface area contributed by atoms with Gasteiger partial charge in [0.25, 0.3) is 0 Å². The van der Waals surface area contributed by atoms with Crippen LogP contribution in [0.1, 0.15) is 16.0 Å². The third-order valence-electron chi connectivity index (χ3n) is 2.42. The largest absolute Gasteiger partial charge is 0.263 e. The number of aromatic nitrogens is 1. The molecule has 0 aliphatic heterocycles. The molecule has 0 N–H and O–H groups in total. The third-order valence-corrected chi connectivity index (χ3v) is 3.61. The van der Waals surface area contributed by atoms with Crippen LogP contribution in [-0.4, -0.2) is 4.98 Å². The van der Waals surface area contributed by atoms with Crippen LogP contribution in [0.3, 0.4) is 0 Å². The van der Waals surface area contributed by atoms with Crippen LogP contribution in [0.2, 0.25) is 5.02 Å². The summed E-state index contributed by atoms with van der Waals surface area (Å²) in [4.78, 5) is 4.26. The summed E-state index contributed by atoms with van der Waals surface area (Å²) >= 11 is 9.75. The van der Waals surface area contributed by atoms with E-state index in [4.69, 9.17) is 11.6 Å². The van der Waals surface area contributed by atoms with E-state index in [1.807, 2.05) is 24.3 Å². The maximum absolute atomic E-state index is 6.07. The minimum absolute atomic E-state index is 0.286. The van der Waals surface area contributed by atoms with Gasteiger partial charge in [0.2, 0.25) is 0 Å². The zero-order valence-electron chi connectivity index (χ0n) is 8.61. The number of alkyl halides is 1. The van der Waals surface area contributed by atoms with Crippen molar-refractivity contribution in [2.75, 3.05) is 0 Å². The number of rotatable bonds is 3. The first kappa shape index (κ1) is 11.6. The second kappa shape index (κ2) is 5.46. The summed E-state index contributed by atoms with van der Waals surface area (Å²) in [6.07, 6.45) is 4.32. The van der Waals surface area contributed by atoms with E-state index < -0.39 is 0 Å². The fourth-order valence-corrected chi connectivity index (χ4v) is 2.39. The molecule has 0 aliphatic rings. The first-order valence-electron chi connectivity index (χ1n) is 5.05. The molecule has 0 saturated heterocycles. The van der Waals surface area contributed by atoms with Gasteiger partial charge in [-0.1, -0.05) is 57.9 Å². The Morgan fingerprint density at radius 3 is 2.62 bits per heavy atom. The van der Waals surface area contributed by atoms with Gasteiger partial charge in [-0.25, -0.2) is 0 Å². The molecule has 0 fully saturated rings. The lowest BCUT2D eigenvalue weighted by molar-refractivity contribution is 0.945. The molecule has 1 unspecified atom stereocenters. The molecule has 1 aromatic carbocycles. The second-order valence-electron chi connectivity index (χ2n) is 3.55. The van der Waals surface area contributed by atoms with Crippen molar-refractivity contribution in [3.63, 3.8) is 0 Å². The van der Waals surface area contributed by atoms with Crippen LogP contribution < -0.4 is 0 Å². The molecule has 0 aliphatic carbocycles. The molecule has 2 aromatic rings. The monoisotopic (exact) mass is 295 g/mol. The zero-order chi connectivity index (χ0) is 11.4. The summed E-state index contributed by atoms with van der Waals surface area (Å²) in [6.45, 7) is 0. The summed E-state index contributed by atoms with van der Waals surface area (Å²) in [5.41, 5.74) is 2.37. The minimum Gasteiger partial charge on any atom is -0.263 e. The Labute approximate surface area is 109 Å². The molecule has 0 amide bonds. The molecule has 1 aromatic heterocycles. The van der Waals surface area contributed by atoms with Crippen molar-refractivity contribution < 1.29 is 0 Å². The highest BCUT2D eigenvalue weighted by Crippen LogP contribution is 2.29. The van der Waals surface area contributed by atoms with Crippen LogP contribution in [0.5, 0.6) is 0 Å². The highest BCUT2D eigenvalue weighted by molar-refractivity contribution is 9.09. The summed E-state index contributed by atoms with van der Waals surface area (Å²) in [5, 5.41) is 0.725. The van der Waals surface area contributed by atoms with Gasteiger partial charge in [-0.05, 0) is 23.6 Å². The summed E-state index contributed by atoms with van der Waals surface area (Å²) in [6, 6.07) is 12.3. The van der Waals surface area contributed by atoms with E-state index >= 15 is 0 Å². The van der Waals surface area contributed by atoms with Crippen LogP contribution in [0.25, 0.3) is 0 Å². The fraction of sp³-hybridized carbons (Fsp3) is 0.154. The van der Waals surface area contributed by atoms with Gasteiger partial charge in [-0.15, -0.1) is 0 Å². The Morgan fingerprint density at radius 1 is 1.19 bits per heavy atom. The van der Waals surface area contributed by atoms with Crippen molar-refractivity contribution in [2.24, 2.45) is 0 Å². The summed E-state index contributed by atoms with van der Waals surface area (Å²) in [7, 11) is 0. The Morgan fingerprint density at radius 2 is 1.94 bits per heavy atom. The van der Waals surface area contributed by atoms with Crippen LogP contribution in [0.15, 0.2) is 48.8 Å². The molecule has 16 heavy (non-hydrogen) atoms. The Hall–Kier alpha value is -0.860. The maximum atomic E-state index is 6.07. The lowest BCUT2D eigenvalue weighted by Crippen LogP contribution is -1.96. The number of hydrogen-bond donors (Lipinski definition) is 0. The normalized spacial score (nSPS) is 12.4. The fourth-order valence-electron chi connectivity index (χ4n) is 1.54. The van der Waals surface area contributed by atoms with Gasteiger partial charge in [0.15, 0.2) is 0 Å². The van der Waals surface area contributed by atoms with Gasteiger partial charge in [-0.2, -0.15) is 0 Å². The van der Waals surface area contributed by atoms with E-state index in [0.29, 0.717) is 0 Å². The number of halogens is 2. The van der Waals surface area contributed by atoms with Gasteiger partial charge in [0, 0.05) is 17.2 Å². The molecule has 1 atom stereocenters. The molecule has 0 saturated carbocycles. The van der Waals surface area contributed by atoms with E-state index in [1.54, 1.807) is 12.4 Å². The summed E-state index contributed by atoms with van der Waals surface area (Å²) in [5.74, 6) is 0. The predicted octanol–water partition coefficient (Wildman–Crippen LogP) is 4.41. The van der Waals surface area contributed by atoms with Gasteiger partial charge in [-0.3, -0.25) is 4.98 Å². The van der Waals surface area contributed by atoms with Crippen molar-refractivity contribution in [2.45, 2.75) is 11.2 Å². The molecule has 0 spiro atoms. The topological polar surface area (TPSA) is 12.9 Å². The maximum Gasteiger partial charge on any atom is 0.0621 e. The molecule has 1 heterocycles. The van der Waals surface area contributed by atoms with E-state index in [1.165, 1.54) is 5.56 Å². The molecule has 1 nitrogen and oxygen atoms in total. The molecule has 3 heteroatoms. The van der Waals surface area contributed by atoms with E-state index in [9.17, 15) is 0 Å². The van der Waals surface area contributed by atoms with Gasteiger partial charge in [0.05, 0.1) is 5.02 Å². The van der Waals surface area contributed by atoms with Crippen molar-refractivity contribution in [1.82, 2.24) is 4.98 Å². The Bertz CT molecular complexity index is 458. The van der Waals surface area contributed by atoms with Gasteiger partial charge >= 0.3 is 0 Å². The smallest absolute Gasteiger partial charge is 0.0621 e. The third kappa shape index (κ3) is 2.83. The summed E-state index contributed by atoms with van der Waals surface area (Å²) < 4.78 is 0. The lowest BCUT2D eigenvalue weighted by Gasteiger charge is -2.10. The van der Waals surface area contributed by atoms with Crippen molar-refractivity contribution in [3.05, 3.63) is 64.9 Å². The number of pyridine rings is 1. The molecule has 82 valence electrons. The molecule has 2 rings (SSSR count). The predicted molar refractivity (Wildman–Crippen MR) is 71.1 cm³/mol. The highest BCUT2D eigenvalue weighted by atomic mass is 79.9. The van der Waals surface area contributed by atoms with Crippen LogP contribution in [0, 0.1) is 0 Å². The van der Waals surface area contributed by atoms with E-state index in [2.05, 4.69) is 33.0 Å². The highest BCUT2D eigenvalue weighted by Gasteiger charge is 2.09. The van der Waals surface area contributed by atoms with Gasteiger partial charge in [0.1, 0.15) is 0 Å². The van der Waals surface area contributed by atoms with Crippen molar-refractivity contribution in [3.8, 4) is 0 Å². The van der Waals surface area contributed by atoms with E-state index in [0.717, 1.165) is 17.0 Å². The van der Waals surface area contributed by atoms with Crippen LogP contribution in [-0.2, 0) is 6.42 Å². The first-order valence-corrected chi connectivity index (χ1v) is 6.34. The van der Waals surface area contributed by atoms with Crippen molar-refractivity contribution in [1.29, 1.82) is 0 Å². The van der Waals surface area contributed by atoms with Crippen LogP contribution in [0.4, 0.5) is 0 Å². The Kier molecular flexibility index (Phi) is 3.97. The quantitative estimate of drug-likeness (QED) is 0.764. The van der Waals surface area contributed by atoms with Gasteiger partial charge < -0.3 is 0 Å². The van der Waals surface area contributed by atoms with Crippen LogP contribution >= 0.6 is 27.5 Å². The standard InChI is InChI=1S/C13H11BrClN/c14-12(10-4-2-1-3-5-10)8-11-6-7-16-9-13(11)15/h1-7,9,12H,8H2. The van der Waals surface area contributed by atoms with Crippen molar-refractivity contribution >= 4 is 27.5 Å². The number of nitrogens with zero attached hydrogens (tertiary/aromatic N) is 1. The number of hydrogen-bond acceptors (Lipinski definition) is 1. The molecule has 0 radical (unpaired) electrons. The molecular formula is C13H11BrClN.